The molecule has 108 valence electrons. The third-order valence-electron chi connectivity index (χ3n) is 4.08. The van der Waals surface area contributed by atoms with Crippen molar-refractivity contribution < 1.29 is 4.79 Å². The third-order valence-corrected chi connectivity index (χ3v) is 4.08. The molecular formula is C18H20N2O. The summed E-state index contributed by atoms with van der Waals surface area (Å²) in [6, 6.07) is 20.9. The molecule has 1 atom stereocenters. The Balaban J connectivity index is 1.67. The molecule has 1 saturated heterocycles. The van der Waals surface area contributed by atoms with Gasteiger partial charge in [-0.15, -0.1) is 0 Å². The lowest BCUT2D eigenvalue weighted by molar-refractivity contribution is 0.194. The summed E-state index contributed by atoms with van der Waals surface area (Å²) in [5, 5.41) is 0. The molecule has 21 heavy (non-hydrogen) atoms. The van der Waals surface area contributed by atoms with E-state index < -0.39 is 0 Å². The smallest absolute Gasteiger partial charge is 0.320 e. The molecule has 3 rings (SSSR count). The lowest BCUT2D eigenvalue weighted by Gasteiger charge is -2.17. The Bertz CT molecular complexity index is 597. The maximum absolute atomic E-state index is 12.4. The highest BCUT2D eigenvalue weighted by molar-refractivity contribution is 5.77. The first-order valence-electron chi connectivity index (χ1n) is 7.33. The molecule has 1 aliphatic rings. The molecule has 0 unspecified atom stereocenters. The van der Waals surface area contributed by atoms with Gasteiger partial charge in [-0.2, -0.15) is 0 Å². The number of hydrogen-bond donors (Lipinski definition) is 0. The van der Waals surface area contributed by atoms with Gasteiger partial charge in [-0.25, -0.2) is 4.79 Å². The predicted molar refractivity (Wildman–Crippen MR) is 83.9 cm³/mol. The van der Waals surface area contributed by atoms with Gasteiger partial charge in [-0.1, -0.05) is 60.7 Å². The monoisotopic (exact) mass is 280 g/mol. The zero-order valence-electron chi connectivity index (χ0n) is 12.3. The van der Waals surface area contributed by atoms with Gasteiger partial charge in [0.25, 0.3) is 0 Å². The molecule has 2 aromatic carbocycles. The van der Waals surface area contributed by atoms with Gasteiger partial charge in [-0.3, -0.25) is 0 Å². The second-order valence-corrected chi connectivity index (χ2v) is 5.60. The van der Waals surface area contributed by atoms with Crippen molar-refractivity contribution >= 4 is 6.03 Å². The fraction of sp³-hybridized carbons (Fsp3) is 0.278. The van der Waals surface area contributed by atoms with Crippen molar-refractivity contribution in [3.8, 4) is 0 Å². The molecule has 1 aliphatic heterocycles. The van der Waals surface area contributed by atoms with Crippen LogP contribution in [0.3, 0.4) is 0 Å². The average molecular weight is 280 g/mol. The van der Waals surface area contributed by atoms with Gasteiger partial charge in [0.2, 0.25) is 0 Å². The van der Waals surface area contributed by atoms with E-state index >= 15 is 0 Å². The molecule has 0 bridgehead atoms. The van der Waals surface area contributed by atoms with E-state index in [1.54, 1.807) is 0 Å². The second-order valence-electron chi connectivity index (χ2n) is 5.60. The van der Waals surface area contributed by atoms with Crippen LogP contribution in [0.25, 0.3) is 0 Å². The van der Waals surface area contributed by atoms with Crippen molar-refractivity contribution in [2.24, 2.45) is 0 Å². The second kappa shape index (κ2) is 6.00. The highest BCUT2D eigenvalue weighted by Gasteiger charge is 2.34. The molecule has 0 radical (unpaired) electrons. The summed E-state index contributed by atoms with van der Waals surface area (Å²) in [6.07, 6.45) is 0.911. The van der Waals surface area contributed by atoms with Crippen LogP contribution in [0.4, 0.5) is 4.79 Å². The molecule has 3 nitrogen and oxygen atoms in total. The number of benzene rings is 2. The van der Waals surface area contributed by atoms with Crippen LogP contribution in [0.15, 0.2) is 60.7 Å². The van der Waals surface area contributed by atoms with Crippen molar-refractivity contribution in [3.05, 3.63) is 71.8 Å². The number of rotatable bonds is 4. The summed E-state index contributed by atoms with van der Waals surface area (Å²) in [4.78, 5) is 16.2. The topological polar surface area (TPSA) is 23.6 Å². The zero-order chi connectivity index (χ0) is 14.7. The molecule has 0 aromatic heterocycles. The van der Waals surface area contributed by atoms with Gasteiger partial charge in [0.05, 0.1) is 6.04 Å². The maximum Gasteiger partial charge on any atom is 0.320 e. The third kappa shape index (κ3) is 3.07. The van der Waals surface area contributed by atoms with Crippen LogP contribution in [-0.2, 0) is 13.0 Å². The predicted octanol–water partition coefficient (Wildman–Crippen LogP) is 3.17. The van der Waals surface area contributed by atoms with Gasteiger partial charge in [0.15, 0.2) is 0 Å². The molecular weight excluding hydrogens is 260 g/mol. The number of urea groups is 1. The number of amides is 2. The molecule has 0 N–H and O–H groups in total. The quantitative estimate of drug-likeness (QED) is 0.844. The molecule has 1 heterocycles. The minimum Gasteiger partial charge on any atom is -0.323 e. The standard InChI is InChI=1S/C18H20N2O/c1-19-17(12-15-8-4-2-5-9-15)14-20(18(19)21)13-16-10-6-3-7-11-16/h2-11,17H,12-14H2,1H3/t17-/m0/s1. The van der Waals surface area contributed by atoms with Gasteiger partial charge in [-0.05, 0) is 17.5 Å². The summed E-state index contributed by atoms with van der Waals surface area (Å²) in [5.41, 5.74) is 2.46. The Morgan fingerprint density at radius 1 is 0.952 bits per heavy atom. The summed E-state index contributed by atoms with van der Waals surface area (Å²) in [7, 11) is 1.90. The van der Waals surface area contributed by atoms with E-state index in [1.807, 2.05) is 53.2 Å². The number of carbonyl (C=O) groups is 1. The molecule has 2 aromatic rings. The van der Waals surface area contributed by atoms with Crippen molar-refractivity contribution in [1.82, 2.24) is 9.80 Å². The van der Waals surface area contributed by atoms with Gasteiger partial charge in [0, 0.05) is 20.1 Å². The molecule has 0 saturated carbocycles. The summed E-state index contributed by atoms with van der Waals surface area (Å²) >= 11 is 0. The van der Waals surface area contributed by atoms with Gasteiger partial charge >= 0.3 is 6.03 Å². The molecule has 0 aliphatic carbocycles. The lowest BCUT2D eigenvalue weighted by atomic mass is 10.1. The highest BCUT2D eigenvalue weighted by atomic mass is 16.2. The largest absolute Gasteiger partial charge is 0.323 e. The van der Waals surface area contributed by atoms with Crippen molar-refractivity contribution in [3.63, 3.8) is 0 Å². The van der Waals surface area contributed by atoms with Crippen LogP contribution in [0.2, 0.25) is 0 Å². The van der Waals surface area contributed by atoms with Gasteiger partial charge in [0.1, 0.15) is 0 Å². The average Bonchev–Trinajstić information content (AvgIpc) is 2.78. The normalized spacial score (nSPS) is 18.3. The Kier molecular flexibility index (Phi) is 3.91. The fourth-order valence-electron chi connectivity index (χ4n) is 2.86. The van der Waals surface area contributed by atoms with E-state index in [0.29, 0.717) is 6.54 Å². The van der Waals surface area contributed by atoms with E-state index in [1.165, 1.54) is 11.1 Å². The molecule has 2 amide bonds. The summed E-state index contributed by atoms with van der Waals surface area (Å²) in [5.74, 6) is 0. The maximum atomic E-state index is 12.4. The first-order valence-corrected chi connectivity index (χ1v) is 7.33. The number of likely N-dealkylation sites (N-methyl/N-ethyl adjacent to an activating group) is 1. The Labute approximate surface area is 125 Å². The Hall–Kier alpha value is -2.29. The van der Waals surface area contributed by atoms with Crippen LogP contribution in [0, 0.1) is 0 Å². The SMILES string of the molecule is CN1C(=O)N(Cc2ccccc2)C[C@@H]1Cc1ccccc1. The van der Waals surface area contributed by atoms with E-state index in [2.05, 4.69) is 24.3 Å². The number of hydrogen-bond acceptors (Lipinski definition) is 1. The minimum atomic E-state index is 0.125. The van der Waals surface area contributed by atoms with Crippen molar-refractivity contribution in [1.29, 1.82) is 0 Å². The van der Waals surface area contributed by atoms with Crippen LogP contribution < -0.4 is 0 Å². The zero-order valence-corrected chi connectivity index (χ0v) is 12.3. The van der Waals surface area contributed by atoms with Crippen LogP contribution >= 0.6 is 0 Å². The van der Waals surface area contributed by atoms with E-state index in [0.717, 1.165) is 13.0 Å². The lowest BCUT2D eigenvalue weighted by Crippen LogP contribution is -2.32. The fourth-order valence-corrected chi connectivity index (χ4v) is 2.86. The van der Waals surface area contributed by atoms with Gasteiger partial charge < -0.3 is 9.80 Å². The summed E-state index contributed by atoms with van der Waals surface area (Å²) in [6.45, 7) is 1.48. The van der Waals surface area contributed by atoms with E-state index in [-0.39, 0.29) is 12.1 Å². The number of carbonyl (C=O) groups excluding carboxylic acids is 1. The number of nitrogens with zero attached hydrogens (tertiary/aromatic N) is 2. The summed E-state index contributed by atoms with van der Waals surface area (Å²) < 4.78 is 0. The first-order chi connectivity index (χ1) is 10.2. The molecule has 3 heteroatoms. The van der Waals surface area contributed by atoms with Crippen molar-refractivity contribution in [2.75, 3.05) is 13.6 Å². The van der Waals surface area contributed by atoms with Crippen LogP contribution in [0.1, 0.15) is 11.1 Å². The van der Waals surface area contributed by atoms with Crippen LogP contribution in [0.5, 0.6) is 0 Å². The van der Waals surface area contributed by atoms with E-state index in [9.17, 15) is 4.79 Å². The molecule has 0 spiro atoms. The Morgan fingerprint density at radius 3 is 2.14 bits per heavy atom. The van der Waals surface area contributed by atoms with E-state index in [4.69, 9.17) is 0 Å². The Morgan fingerprint density at radius 2 is 1.52 bits per heavy atom. The molecule has 1 fully saturated rings. The van der Waals surface area contributed by atoms with Crippen molar-refractivity contribution in [2.45, 2.75) is 19.0 Å². The highest BCUT2D eigenvalue weighted by Crippen LogP contribution is 2.20. The minimum absolute atomic E-state index is 0.125. The van der Waals surface area contributed by atoms with Crippen LogP contribution in [-0.4, -0.2) is 35.5 Å². The first kappa shape index (κ1) is 13.7.